The Balaban J connectivity index is 0.00000300. The maximum absolute atomic E-state index is 5.98. The second kappa shape index (κ2) is 12.0. The molecule has 156 valence electrons. The summed E-state index contributed by atoms with van der Waals surface area (Å²) in [4.78, 5) is 0. The van der Waals surface area contributed by atoms with Crippen molar-refractivity contribution in [2.24, 2.45) is 7.05 Å². The van der Waals surface area contributed by atoms with Crippen LogP contribution in [-0.2, 0) is 20.2 Å². The van der Waals surface area contributed by atoms with E-state index < -0.39 is 0 Å². The second-order valence-corrected chi connectivity index (χ2v) is 7.91. The molecule has 0 spiro atoms. The van der Waals surface area contributed by atoms with Gasteiger partial charge in [0.25, 0.3) is 0 Å². The monoisotopic (exact) mass is 499 g/mol. The zero-order valence-electron chi connectivity index (χ0n) is 16.2. The van der Waals surface area contributed by atoms with E-state index in [2.05, 4.69) is 42.8 Å². The zero-order chi connectivity index (χ0) is 19.8. The number of nitrogens with one attached hydrogen (secondary N) is 1. The van der Waals surface area contributed by atoms with E-state index >= 15 is 0 Å². The number of benzene rings is 2. The van der Waals surface area contributed by atoms with Crippen LogP contribution in [0.4, 0.5) is 0 Å². The first-order valence-corrected chi connectivity index (χ1v) is 10.5. The molecular formula is C19H23BrClN5O2S. The summed E-state index contributed by atoms with van der Waals surface area (Å²) in [6, 6.07) is 14.1. The number of hydrogen-bond donors (Lipinski definition) is 1. The summed E-state index contributed by atoms with van der Waals surface area (Å²) in [5.74, 6) is 2.30. The molecule has 0 radical (unpaired) electrons. The van der Waals surface area contributed by atoms with Gasteiger partial charge in [0.2, 0.25) is 5.16 Å². The molecule has 0 fully saturated rings. The molecule has 2 aromatic carbocycles. The molecule has 0 aliphatic carbocycles. The van der Waals surface area contributed by atoms with Crippen LogP contribution in [0, 0.1) is 0 Å². The van der Waals surface area contributed by atoms with Gasteiger partial charge in [-0.3, -0.25) is 0 Å². The molecule has 0 unspecified atom stereocenters. The third-order valence-electron chi connectivity index (χ3n) is 3.94. The van der Waals surface area contributed by atoms with E-state index in [-0.39, 0.29) is 12.4 Å². The highest BCUT2D eigenvalue weighted by molar-refractivity contribution is 9.10. The first-order valence-electron chi connectivity index (χ1n) is 8.76. The van der Waals surface area contributed by atoms with E-state index in [4.69, 9.17) is 9.47 Å². The summed E-state index contributed by atoms with van der Waals surface area (Å²) in [6.45, 7) is 2.05. The maximum Gasteiger partial charge on any atom is 0.209 e. The van der Waals surface area contributed by atoms with Crippen molar-refractivity contribution in [1.82, 2.24) is 25.5 Å². The van der Waals surface area contributed by atoms with Gasteiger partial charge in [-0.25, -0.2) is 4.68 Å². The normalized spacial score (nSPS) is 10.4. The Morgan fingerprint density at radius 1 is 1.17 bits per heavy atom. The lowest BCUT2D eigenvalue weighted by molar-refractivity contribution is 0.282. The predicted octanol–water partition coefficient (Wildman–Crippen LogP) is 3.86. The summed E-state index contributed by atoms with van der Waals surface area (Å²) in [6.07, 6.45) is 0. The number of aromatic nitrogens is 4. The van der Waals surface area contributed by atoms with Gasteiger partial charge in [0.15, 0.2) is 11.5 Å². The molecule has 7 nitrogen and oxygen atoms in total. The molecule has 0 atom stereocenters. The van der Waals surface area contributed by atoms with Crippen LogP contribution in [0.2, 0.25) is 0 Å². The summed E-state index contributed by atoms with van der Waals surface area (Å²) in [5, 5.41) is 15.6. The standard InChI is InChI=1S/C19H22BrN5O2S.ClH/c1-25-19(22-23-24-25)28-9-8-21-12-15-10-16(20)18(17(11-15)26-2)27-13-14-6-4-3-5-7-14;/h3-7,10-11,21H,8-9,12-13H2,1-2H3;1H. The Morgan fingerprint density at radius 2 is 1.97 bits per heavy atom. The molecule has 0 bridgehead atoms. The van der Waals surface area contributed by atoms with E-state index in [1.54, 1.807) is 23.6 Å². The molecule has 29 heavy (non-hydrogen) atoms. The van der Waals surface area contributed by atoms with E-state index in [0.29, 0.717) is 18.1 Å². The van der Waals surface area contributed by atoms with Gasteiger partial charge >= 0.3 is 0 Å². The largest absolute Gasteiger partial charge is 0.493 e. The Labute approximate surface area is 189 Å². The van der Waals surface area contributed by atoms with Gasteiger partial charge in [-0.05, 0) is 49.6 Å². The molecule has 0 aliphatic heterocycles. The number of aryl methyl sites for hydroxylation is 1. The first kappa shape index (κ1) is 23.5. The molecule has 10 heteroatoms. The fourth-order valence-corrected chi connectivity index (χ4v) is 3.89. The van der Waals surface area contributed by atoms with Crippen molar-refractivity contribution in [1.29, 1.82) is 0 Å². The van der Waals surface area contributed by atoms with Crippen molar-refractivity contribution in [2.75, 3.05) is 19.4 Å². The predicted molar refractivity (Wildman–Crippen MR) is 120 cm³/mol. The third-order valence-corrected chi connectivity index (χ3v) is 5.54. The number of thioether (sulfide) groups is 1. The third kappa shape index (κ3) is 6.88. The average Bonchev–Trinajstić information content (AvgIpc) is 3.12. The van der Waals surface area contributed by atoms with Crippen molar-refractivity contribution in [3.05, 3.63) is 58.1 Å². The van der Waals surface area contributed by atoms with Gasteiger partial charge in [-0.2, -0.15) is 0 Å². The van der Waals surface area contributed by atoms with Crippen LogP contribution < -0.4 is 14.8 Å². The molecule has 3 aromatic rings. The lowest BCUT2D eigenvalue weighted by Crippen LogP contribution is -2.17. The number of nitrogens with zero attached hydrogens (tertiary/aromatic N) is 4. The number of methoxy groups -OCH3 is 1. The van der Waals surface area contributed by atoms with E-state index in [0.717, 1.165) is 39.6 Å². The Bertz CT molecular complexity index is 898. The summed E-state index contributed by atoms with van der Waals surface area (Å²) >= 11 is 5.22. The molecule has 1 N–H and O–H groups in total. The second-order valence-electron chi connectivity index (χ2n) is 5.99. The summed E-state index contributed by atoms with van der Waals surface area (Å²) < 4.78 is 14.1. The smallest absolute Gasteiger partial charge is 0.209 e. The summed E-state index contributed by atoms with van der Waals surface area (Å²) in [7, 11) is 3.49. The van der Waals surface area contributed by atoms with Crippen LogP contribution in [0.1, 0.15) is 11.1 Å². The molecule has 1 aromatic heterocycles. The zero-order valence-corrected chi connectivity index (χ0v) is 19.4. The van der Waals surface area contributed by atoms with E-state index in [1.807, 2.05) is 43.4 Å². The highest BCUT2D eigenvalue weighted by Gasteiger charge is 2.12. The number of ether oxygens (including phenoxy) is 2. The van der Waals surface area contributed by atoms with Gasteiger partial charge in [0.1, 0.15) is 6.61 Å². The van der Waals surface area contributed by atoms with Crippen LogP contribution in [0.5, 0.6) is 11.5 Å². The summed E-state index contributed by atoms with van der Waals surface area (Å²) in [5.41, 5.74) is 2.22. The molecule has 0 saturated carbocycles. The fraction of sp³-hybridized carbons (Fsp3) is 0.316. The van der Waals surface area contributed by atoms with E-state index in [1.165, 1.54) is 0 Å². The number of rotatable bonds is 10. The fourth-order valence-electron chi connectivity index (χ4n) is 2.54. The lowest BCUT2D eigenvalue weighted by Gasteiger charge is -2.15. The minimum atomic E-state index is 0. The van der Waals surface area contributed by atoms with Crippen molar-refractivity contribution in [3.8, 4) is 11.5 Å². The lowest BCUT2D eigenvalue weighted by atomic mass is 10.2. The van der Waals surface area contributed by atoms with Crippen molar-refractivity contribution >= 4 is 40.1 Å². The van der Waals surface area contributed by atoms with Gasteiger partial charge in [0.05, 0.1) is 11.6 Å². The molecular weight excluding hydrogens is 478 g/mol. The Kier molecular flexibility index (Phi) is 9.72. The SMILES string of the molecule is COc1cc(CNCCSc2nnnn2C)cc(Br)c1OCc1ccccc1.Cl. The number of tetrazole rings is 1. The van der Waals surface area contributed by atoms with Crippen LogP contribution in [0.15, 0.2) is 52.1 Å². The molecule has 1 heterocycles. The highest BCUT2D eigenvalue weighted by atomic mass is 79.9. The van der Waals surface area contributed by atoms with Crippen LogP contribution in [0.3, 0.4) is 0 Å². The molecule has 0 amide bonds. The molecule has 3 rings (SSSR count). The Hall–Kier alpha value is -1.81. The highest BCUT2D eigenvalue weighted by Crippen LogP contribution is 2.37. The quantitative estimate of drug-likeness (QED) is 0.335. The van der Waals surface area contributed by atoms with Crippen molar-refractivity contribution in [3.63, 3.8) is 0 Å². The topological polar surface area (TPSA) is 74.1 Å². The van der Waals surface area contributed by atoms with Crippen LogP contribution >= 0.6 is 40.1 Å². The first-order chi connectivity index (χ1) is 13.7. The number of hydrogen-bond acceptors (Lipinski definition) is 7. The van der Waals surface area contributed by atoms with Crippen molar-refractivity contribution in [2.45, 2.75) is 18.3 Å². The molecule has 0 aliphatic rings. The minimum absolute atomic E-state index is 0. The average molecular weight is 501 g/mol. The van der Waals surface area contributed by atoms with Gasteiger partial charge in [-0.1, -0.05) is 42.1 Å². The Morgan fingerprint density at radius 3 is 2.66 bits per heavy atom. The number of halogens is 2. The maximum atomic E-state index is 5.98. The van der Waals surface area contributed by atoms with E-state index in [9.17, 15) is 0 Å². The van der Waals surface area contributed by atoms with Gasteiger partial charge in [0, 0.05) is 25.9 Å². The van der Waals surface area contributed by atoms with Crippen LogP contribution in [-0.4, -0.2) is 39.6 Å². The minimum Gasteiger partial charge on any atom is -0.493 e. The van der Waals surface area contributed by atoms with Crippen molar-refractivity contribution < 1.29 is 9.47 Å². The van der Waals surface area contributed by atoms with Gasteiger partial charge in [-0.15, -0.1) is 17.5 Å². The molecule has 0 saturated heterocycles. The van der Waals surface area contributed by atoms with Gasteiger partial charge < -0.3 is 14.8 Å². The van der Waals surface area contributed by atoms with Crippen LogP contribution in [0.25, 0.3) is 0 Å².